The second-order valence-electron chi connectivity index (χ2n) is 20.1. The van der Waals surface area contributed by atoms with Crippen molar-refractivity contribution in [2.24, 2.45) is 0 Å². The third kappa shape index (κ3) is 5.78. The van der Waals surface area contributed by atoms with E-state index < -0.39 is 0 Å². The van der Waals surface area contributed by atoms with Crippen LogP contribution in [-0.4, -0.2) is 18.0 Å². The van der Waals surface area contributed by atoms with Crippen LogP contribution in [0, 0.1) is 6.92 Å². The lowest BCUT2D eigenvalue weighted by Crippen LogP contribution is -2.61. The molecular formula is C67H45B2N5. The first-order valence-corrected chi connectivity index (χ1v) is 25.8. The van der Waals surface area contributed by atoms with E-state index in [9.17, 15) is 0 Å². The number of hydrogen-bond acceptors (Lipinski definition) is 4. The van der Waals surface area contributed by atoms with Gasteiger partial charge in [-0.25, -0.2) is 0 Å². The van der Waals surface area contributed by atoms with E-state index in [-0.39, 0.29) is 13.4 Å². The van der Waals surface area contributed by atoms with Crippen molar-refractivity contribution in [2.45, 2.75) is 6.92 Å². The van der Waals surface area contributed by atoms with Gasteiger partial charge in [-0.05, 0) is 149 Å². The molecule has 0 radical (unpaired) electrons. The third-order valence-corrected chi connectivity index (χ3v) is 16.2. The molecule has 16 rings (SSSR count). The lowest BCUT2D eigenvalue weighted by molar-refractivity contribution is 1.17. The molecule has 0 spiro atoms. The molecule has 11 aromatic carbocycles. The summed E-state index contributed by atoms with van der Waals surface area (Å²) in [7, 11) is 0. The Hall–Kier alpha value is -9.45. The number of fused-ring (bicyclic) bond motifs is 11. The molecule has 0 saturated heterocycles. The van der Waals surface area contributed by atoms with Crippen LogP contribution in [0.3, 0.4) is 0 Å². The van der Waals surface area contributed by atoms with Crippen molar-refractivity contribution in [1.29, 1.82) is 0 Å². The molecule has 0 N–H and O–H groups in total. The van der Waals surface area contributed by atoms with Crippen LogP contribution in [0.15, 0.2) is 255 Å². The minimum absolute atomic E-state index is 0.0238. The number of aromatic nitrogens is 1. The smallest absolute Gasteiger partial charge is 0.252 e. The van der Waals surface area contributed by atoms with Gasteiger partial charge in [-0.1, -0.05) is 151 Å². The maximum absolute atomic E-state index is 2.57. The molecule has 5 nitrogen and oxygen atoms in total. The molecule has 0 saturated carbocycles. The lowest BCUT2D eigenvalue weighted by atomic mass is 9.33. The second-order valence-corrected chi connectivity index (χ2v) is 20.1. The van der Waals surface area contributed by atoms with E-state index in [1.165, 1.54) is 106 Å². The quantitative estimate of drug-likeness (QED) is 0.160. The maximum atomic E-state index is 2.57. The molecular weight excluding hydrogens is 896 g/mol. The van der Waals surface area contributed by atoms with Crippen LogP contribution in [0.25, 0.3) is 27.5 Å². The van der Waals surface area contributed by atoms with Crippen LogP contribution in [-0.2, 0) is 0 Å². The molecule has 1 aromatic heterocycles. The van der Waals surface area contributed by atoms with Gasteiger partial charge >= 0.3 is 0 Å². The van der Waals surface area contributed by atoms with E-state index in [1.54, 1.807) is 0 Å². The fourth-order valence-corrected chi connectivity index (χ4v) is 13.2. The normalized spacial score (nSPS) is 13.6. The van der Waals surface area contributed by atoms with E-state index in [0.29, 0.717) is 0 Å². The molecule has 12 aromatic rings. The Morgan fingerprint density at radius 1 is 0.257 bits per heavy atom. The Morgan fingerprint density at radius 3 is 0.959 bits per heavy atom. The van der Waals surface area contributed by atoms with Crippen LogP contribution < -0.4 is 52.4 Å². The highest BCUT2D eigenvalue weighted by Crippen LogP contribution is 2.48. The van der Waals surface area contributed by atoms with E-state index in [1.807, 2.05) is 0 Å². The monoisotopic (exact) mass is 941 g/mol. The van der Waals surface area contributed by atoms with Crippen LogP contribution in [0.2, 0.25) is 0 Å². The number of nitrogens with zero attached hydrogens (tertiary/aromatic N) is 5. The van der Waals surface area contributed by atoms with Crippen molar-refractivity contribution < 1.29 is 0 Å². The molecule has 4 aliphatic rings. The van der Waals surface area contributed by atoms with Crippen LogP contribution in [0.5, 0.6) is 0 Å². The molecule has 74 heavy (non-hydrogen) atoms. The molecule has 5 heterocycles. The minimum atomic E-state index is -0.0238. The maximum Gasteiger partial charge on any atom is 0.252 e. The Kier molecular flexibility index (Phi) is 8.78. The van der Waals surface area contributed by atoms with E-state index in [4.69, 9.17) is 0 Å². The average Bonchev–Trinajstić information content (AvgIpc) is 3.77. The number of anilines is 12. The predicted octanol–water partition coefficient (Wildman–Crippen LogP) is 13.3. The Morgan fingerprint density at radius 2 is 0.581 bits per heavy atom. The summed E-state index contributed by atoms with van der Waals surface area (Å²) in [5.74, 6) is 0. The summed E-state index contributed by atoms with van der Waals surface area (Å²) in [4.78, 5) is 9.99. The summed E-state index contributed by atoms with van der Waals surface area (Å²) in [5.41, 5.74) is 26.7. The highest BCUT2D eigenvalue weighted by Gasteiger charge is 2.46. The molecule has 0 amide bonds. The summed E-state index contributed by atoms with van der Waals surface area (Å²) in [6.07, 6.45) is 0. The molecule has 0 atom stereocenters. The zero-order chi connectivity index (χ0) is 48.6. The summed E-state index contributed by atoms with van der Waals surface area (Å²) in [5, 5.41) is 2.47. The van der Waals surface area contributed by atoms with Crippen LogP contribution >= 0.6 is 0 Å². The van der Waals surface area contributed by atoms with Gasteiger partial charge in [-0.2, -0.15) is 0 Å². The van der Waals surface area contributed by atoms with Gasteiger partial charge in [0.15, 0.2) is 0 Å². The lowest BCUT2D eigenvalue weighted by Gasteiger charge is -2.44. The largest absolute Gasteiger partial charge is 0.311 e. The number of hydrogen-bond donors (Lipinski definition) is 0. The topological polar surface area (TPSA) is 17.9 Å². The fourth-order valence-electron chi connectivity index (χ4n) is 13.2. The summed E-state index contributed by atoms with van der Waals surface area (Å²) >= 11 is 0. The second kappa shape index (κ2) is 15.8. The molecule has 0 bridgehead atoms. The van der Waals surface area contributed by atoms with Gasteiger partial charge in [0, 0.05) is 84.7 Å². The van der Waals surface area contributed by atoms with Gasteiger partial charge in [0.25, 0.3) is 13.4 Å². The Balaban J connectivity index is 1.03. The van der Waals surface area contributed by atoms with Gasteiger partial charge in [0.2, 0.25) is 0 Å². The molecule has 4 aliphatic heterocycles. The number of aryl methyl sites for hydroxylation is 1. The average molecular weight is 942 g/mol. The van der Waals surface area contributed by atoms with Crippen molar-refractivity contribution in [1.82, 2.24) is 4.57 Å². The minimum Gasteiger partial charge on any atom is -0.311 e. The first-order valence-electron chi connectivity index (χ1n) is 25.8. The first kappa shape index (κ1) is 41.2. The zero-order valence-electron chi connectivity index (χ0n) is 40.6. The molecule has 7 heteroatoms. The van der Waals surface area contributed by atoms with Crippen molar-refractivity contribution in [3.63, 3.8) is 0 Å². The van der Waals surface area contributed by atoms with Crippen molar-refractivity contribution in [3.8, 4) is 5.69 Å². The fraction of sp³-hybridized carbons (Fsp3) is 0.0149. The van der Waals surface area contributed by atoms with Crippen molar-refractivity contribution >= 4 is 136 Å². The Labute approximate surface area is 431 Å². The number of para-hydroxylation sites is 6. The number of benzene rings is 11. The molecule has 0 aliphatic carbocycles. The zero-order valence-corrected chi connectivity index (χ0v) is 40.6. The first-order chi connectivity index (χ1) is 36.7. The highest BCUT2D eigenvalue weighted by atomic mass is 15.2. The van der Waals surface area contributed by atoms with Crippen molar-refractivity contribution in [3.05, 3.63) is 260 Å². The van der Waals surface area contributed by atoms with E-state index in [0.717, 1.165) is 28.4 Å². The van der Waals surface area contributed by atoms with Gasteiger partial charge < -0.3 is 24.2 Å². The van der Waals surface area contributed by atoms with Gasteiger partial charge in [0.05, 0.1) is 11.0 Å². The van der Waals surface area contributed by atoms with Crippen molar-refractivity contribution in [2.75, 3.05) is 19.6 Å². The number of rotatable bonds is 5. The molecule has 344 valence electrons. The molecule has 0 fully saturated rings. The summed E-state index contributed by atoms with van der Waals surface area (Å²) < 4.78 is 2.53. The van der Waals surface area contributed by atoms with Gasteiger partial charge in [0.1, 0.15) is 0 Å². The highest BCUT2D eigenvalue weighted by molar-refractivity contribution is 7.01. The van der Waals surface area contributed by atoms with Gasteiger partial charge in [-0.3, -0.25) is 0 Å². The molecule has 0 unspecified atom stereocenters. The third-order valence-electron chi connectivity index (χ3n) is 16.2. The summed E-state index contributed by atoms with van der Waals surface area (Å²) in [6.45, 7) is 2.13. The van der Waals surface area contributed by atoms with E-state index in [2.05, 4.69) is 286 Å². The summed E-state index contributed by atoms with van der Waals surface area (Å²) in [6, 6.07) is 94.9. The Bertz CT molecular complexity index is 3990. The SMILES string of the molecule is Cc1ccc(-n2c3cc4c(cc3c3cc5c(cc32)N(c2ccccc2)c2cccc3c2B5c2ccccc2N3c2ccccc2)B2c3ccccc3N(c3ccccc3)c3cccc(c32)N4c2ccccc2)cc1. The van der Waals surface area contributed by atoms with Crippen LogP contribution in [0.4, 0.5) is 68.2 Å². The predicted molar refractivity (Wildman–Crippen MR) is 314 cm³/mol. The standard InChI is InChI=1S/C67H45B2N5/c1-44-36-38-49(39-37-44)74-62-42-64-54(68-52-28-14-16-30-56(52)70(45-20-6-2-7-21-45)58-32-18-34-60(66(58)68)72(64)47-24-10-4-11-25-47)40-50(62)51-41-55-65(43-63(51)74)73(48-26-12-5-13-27-48)61-35-19-33-59-67(61)69(55)53-29-15-17-31-57(53)71(59)46-22-8-3-9-23-46/h2-43H,1H3. The van der Waals surface area contributed by atoms with Gasteiger partial charge in [-0.15, -0.1) is 0 Å². The van der Waals surface area contributed by atoms with Crippen LogP contribution in [0.1, 0.15) is 5.56 Å². The van der Waals surface area contributed by atoms with E-state index >= 15 is 0 Å².